The van der Waals surface area contributed by atoms with Crippen LogP contribution in [0, 0.1) is 0 Å². The van der Waals surface area contributed by atoms with Crippen molar-refractivity contribution in [2.75, 3.05) is 0 Å². The van der Waals surface area contributed by atoms with Crippen LogP contribution in [0.3, 0.4) is 0 Å². The molecule has 0 atom stereocenters. The van der Waals surface area contributed by atoms with Gasteiger partial charge >= 0.3 is 0 Å². The van der Waals surface area contributed by atoms with Crippen molar-refractivity contribution in [1.29, 1.82) is 0 Å². The Bertz CT molecular complexity index is 344. The Kier molecular flexibility index (Phi) is 1.28. The zero-order valence-electron chi connectivity index (χ0n) is 6.43. The van der Waals surface area contributed by atoms with Crippen LogP contribution in [0.25, 0.3) is 13.2 Å². The maximum absolute atomic E-state index is 4.32. The van der Waals surface area contributed by atoms with Crippen molar-refractivity contribution in [3.05, 3.63) is 22.1 Å². The van der Waals surface area contributed by atoms with Gasteiger partial charge in [0.2, 0.25) is 0 Å². The topological polar surface area (TPSA) is 25.8 Å². The highest BCUT2D eigenvalue weighted by Crippen LogP contribution is 2.13. The molecular weight excluding hydrogens is 136 g/mol. The second kappa shape index (κ2) is 2.16. The van der Waals surface area contributed by atoms with Gasteiger partial charge in [0, 0.05) is 0 Å². The summed E-state index contributed by atoms with van der Waals surface area (Å²) in [6, 6.07) is 0. The number of nitrogens with zero attached hydrogens (tertiary/aromatic N) is 2. The molecule has 0 N–H and O–H groups in total. The molecule has 1 aliphatic carbocycles. The van der Waals surface area contributed by atoms with Crippen molar-refractivity contribution in [1.82, 2.24) is 9.97 Å². The molecule has 56 valence electrons. The lowest BCUT2D eigenvalue weighted by molar-refractivity contribution is 0.892. The third-order valence-corrected chi connectivity index (χ3v) is 2.03. The summed E-state index contributed by atoms with van der Waals surface area (Å²) >= 11 is 0. The van der Waals surface area contributed by atoms with Crippen LogP contribution in [-0.4, -0.2) is 9.97 Å². The zero-order chi connectivity index (χ0) is 7.84. The second-order valence-corrected chi connectivity index (χ2v) is 2.86. The minimum Gasteiger partial charge on any atom is -0.250 e. The zero-order valence-corrected chi connectivity index (χ0v) is 6.43. The van der Waals surface area contributed by atoms with E-state index in [1.807, 2.05) is 0 Å². The van der Waals surface area contributed by atoms with Crippen molar-refractivity contribution in [2.45, 2.75) is 19.3 Å². The van der Waals surface area contributed by atoms with Crippen LogP contribution in [0.5, 0.6) is 0 Å². The first kappa shape index (κ1) is 6.53. The van der Waals surface area contributed by atoms with E-state index in [4.69, 9.17) is 0 Å². The van der Waals surface area contributed by atoms with Crippen LogP contribution >= 0.6 is 0 Å². The van der Waals surface area contributed by atoms with Crippen LogP contribution in [0.2, 0.25) is 0 Å². The Morgan fingerprint density at radius 2 is 1.36 bits per heavy atom. The molecule has 1 aromatic rings. The number of hydrogen-bond acceptors (Lipinski definition) is 2. The van der Waals surface area contributed by atoms with Gasteiger partial charge in [0.1, 0.15) is 0 Å². The van der Waals surface area contributed by atoms with E-state index in [-0.39, 0.29) is 0 Å². The maximum atomic E-state index is 4.32. The molecule has 1 aromatic heterocycles. The lowest BCUT2D eigenvalue weighted by Gasteiger charge is -1.94. The highest BCUT2D eigenvalue weighted by Gasteiger charge is 2.12. The number of hydrogen-bond donors (Lipinski definition) is 0. The Morgan fingerprint density at radius 1 is 0.909 bits per heavy atom. The van der Waals surface area contributed by atoms with E-state index in [0.717, 1.165) is 34.9 Å². The first-order chi connectivity index (χ1) is 5.27. The van der Waals surface area contributed by atoms with E-state index in [0.29, 0.717) is 0 Å². The predicted octanol–water partition coefficient (Wildman–Crippen LogP) is -0.214. The highest BCUT2D eigenvalue weighted by atomic mass is 14.8. The smallest absolute Gasteiger partial charge is 0.0812 e. The molecule has 0 amide bonds. The van der Waals surface area contributed by atoms with Gasteiger partial charge in [-0.1, -0.05) is 13.2 Å². The van der Waals surface area contributed by atoms with Crippen LogP contribution in [0.1, 0.15) is 17.8 Å². The van der Waals surface area contributed by atoms with Crippen LogP contribution < -0.4 is 10.7 Å². The molecule has 0 bridgehead atoms. The van der Waals surface area contributed by atoms with E-state index in [1.165, 1.54) is 6.42 Å². The molecule has 0 saturated heterocycles. The normalized spacial score (nSPS) is 14.9. The third-order valence-electron chi connectivity index (χ3n) is 2.03. The van der Waals surface area contributed by atoms with Gasteiger partial charge in [0.25, 0.3) is 0 Å². The summed E-state index contributed by atoms with van der Waals surface area (Å²) in [6.07, 6.45) is 3.30. The molecule has 0 saturated carbocycles. The Balaban J connectivity index is 2.76. The van der Waals surface area contributed by atoms with Crippen LogP contribution in [0.4, 0.5) is 0 Å². The van der Waals surface area contributed by atoms with Gasteiger partial charge in [-0.05, 0) is 19.3 Å². The number of fused-ring (bicyclic) bond motifs is 1. The molecule has 0 radical (unpaired) electrons. The lowest BCUT2D eigenvalue weighted by atomic mass is 10.3. The van der Waals surface area contributed by atoms with Gasteiger partial charge in [0.05, 0.1) is 22.1 Å². The molecule has 0 unspecified atom stereocenters. The van der Waals surface area contributed by atoms with Crippen molar-refractivity contribution in [3.8, 4) is 0 Å². The van der Waals surface area contributed by atoms with Gasteiger partial charge in [-0.3, -0.25) is 0 Å². The van der Waals surface area contributed by atoms with Gasteiger partial charge in [-0.15, -0.1) is 0 Å². The van der Waals surface area contributed by atoms with E-state index < -0.39 is 0 Å². The van der Waals surface area contributed by atoms with E-state index >= 15 is 0 Å². The standard InChI is InChI=1S/C9H10N2/c1-6-7(2)11-9-5-3-4-8(9)10-6/h1-5H2. The number of aromatic nitrogens is 2. The number of rotatable bonds is 0. The SMILES string of the molecule is C=c1nc2c(nc1=C)CCC2. The molecule has 0 aliphatic heterocycles. The molecule has 11 heavy (non-hydrogen) atoms. The fraction of sp³-hybridized carbons (Fsp3) is 0.333. The summed E-state index contributed by atoms with van der Waals surface area (Å²) in [6.45, 7) is 7.52. The van der Waals surface area contributed by atoms with Crippen molar-refractivity contribution < 1.29 is 0 Å². The van der Waals surface area contributed by atoms with Gasteiger partial charge in [-0.2, -0.15) is 0 Å². The minimum atomic E-state index is 0.727. The van der Waals surface area contributed by atoms with Gasteiger partial charge in [0.15, 0.2) is 0 Å². The first-order valence-corrected chi connectivity index (χ1v) is 3.81. The van der Waals surface area contributed by atoms with Crippen LogP contribution in [-0.2, 0) is 12.8 Å². The largest absolute Gasteiger partial charge is 0.250 e. The fourth-order valence-electron chi connectivity index (χ4n) is 1.41. The Morgan fingerprint density at radius 3 is 1.82 bits per heavy atom. The van der Waals surface area contributed by atoms with Crippen molar-refractivity contribution in [3.63, 3.8) is 0 Å². The molecule has 0 aromatic carbocycles. The van der Waals surface area contributed by atoms with E-state index in [1.54, 1.807) is 0 Å². The summed E-state index contributed by atoms with van der Waals surface area (Å²) in [5, 5.41) is 1.45. The molecule has 2 heteroatoms. The minimum absolute atomic E-state index is 0.727. The summed E-state index contributed by atoms with van der Waals surface area (Å²) < 4.78 is 0. The number of aryl methyl sites for hydroxylation is 2. The summed E-state index contributed by atoms with van der Waals surface area (Å²) in [7, 11) is 0. The molecule has 2 nitrogen and oxygen atoms in total. The molecule has 0 fully saturated rings. The fourth-order valence-corrected chi connectivity index (χ4v) is 1.41. The average molecular weight is 146 g/mol. The average Bonchev–Trinajstić information content (AvgIpc) is 2.36. The molecule has 1 aliphatic rings. The summed E-state index contributed by atoms with van der Waals surface area (Å²) in [4.78, 5) is 8.63. The third kappa shape index (κ3) is 0.946. The van der Waals surface area contributed by atoms with E-state index in [9.17, 15) is 0 Å². The maximum Gasteiger partial charge on any atom is 0.0812 e. The Labute approximate surface area is 65.3 Å². The second-order valence-electron chi connectivity index (χ2n) is 2.86. The molecule has 2 rings (SSSR count). The van der Waals surface area contributed by atoms with Crippen molar-refractivity contribution in [2.24, 2.45) is 0 Å². The van der Waals surface area contributed by atoms with Gasteiger partial charge in [-0.25, -0.2) is 9.97 Å². The lowest BCUT2D eigenvalue weighted by Crippen LogP contribution is -2.30. The predicted molar refractivity (Wildman–Crippen MR) is 44.4 cm³/mol. The van der Waals surface area contributed by atoms with Crippen LogP contribution in [0.15, 0.2) is 0 Å². The van der Waals surface area contributed by atoms with Gasteiger partial charge < -0.3 is 0 Å². The molecule has 0 spiro atoms. The summed E-state index contributed by atoms with van der Waals surface area (Å²) in [5.74, 6) is 0. The highest BCUT2D eigenvalue weighted by molar-refractivity contribution is 5.19. The first-order valence-electron chi connectivity index (χ1n) is 3.81. The monoisotopic (exact) mass is 146 g/mol. The van der Waals surface area contributed by atoms with Crippen molar-refractivity contribution >= 4 is 13.2 Å². The summed E-state index contributed by atoms with van der Waals surface area (Å²) in [5.41, 5.74) is 2.25. The quantitative estimate of drug-likeness (QED) is 0.506. The van der Waals surface area contributed by atoms with E-state index in [2.05, 4.69) is 23.1 Å². The Hall–Kier alpha value is -1.18. The molecule has 1 heterocycles. The molecular formula is C9H10N2.